The van der Waals surface area contributed by atoms with E-state index < -0.39 is 0 Å². The third-order valence-electron chi connectivity index (χ3n) is 3.16. The molecule has 2 rings (SSSR count). The largest absolute Gasteiger partial charge is 0.375 e. The number of benzene rings is 1. The van der Waals surface area contributed by atoms with Crippen LogP contribution in [0.5, 0.6) is 0 Å². The molecular weight excluding hydrogens is 242 g/mol. The lowest BCUT2D eigenvalue weighted by molar-refractivity contribution is 0.0441. The van der Waals surface area contributed by atoms with E-state index in [1.807, 2.05) is 11.8 Å². The normalized spacial score (nSPS) is 20.9. The molecule has 1 aromatic carbocycles. The summed E-state index contributed by atoms with van der Waals surface area (Å²) in [6.07, 6.45) is 0.353. The number of hydrogen-bond acceptors (Lipinski definition) is 3. The summed E-state index contributed by atoms with van der Waals surface area (Å²) in [5.74, 6) is 1.03. The van der Waals surface area contributed by atoms with Gasteiger partial charge in [0.15, 0.2) is 0 Å². The van der Waals surface area contributed by atoms with Gasteiger partial charge in [-0.25, -0.2) is 0 Å². The maximum atomic E-state index is 5.69. The monoisotopic (exact) mass is 265 g/mol. The Kier molecular flexibility index (Phi) is 4.71. The highest BCUT2D eigenvalue weighted by Gasteiger charge is 2.15. The Morgan fingerprint density at radius 1 is 1.28 bits per heavy atom. The van der Waals surface area contributed by atoms with Crippen LogP contribution in [0.15, 0.2) is 29.2 Å². The topological polar surface area (TPSA) is 21.3 Å². The van der Waals surface area contributed by atoms with Crippen molar-refractivity contribution < 1.29 is 4.74 Å². The number of ether oxygens (including phenoxy) is 1. The van der Waals surface area contributed by atoms with Crippen molar-refractivity contribution in [3.63, 3.8) is 0 Å². The SMILES string of the molecule is CC(C)(C)c1ccc(SCC2CNCCO2)cc1. The van der Waals surface area contributed by atoms with Crippen LogP contribution in [0.25, 0.3) is 0 Å². The van der Waals surface area contributed by atoms with Gasteiger partial charge in [0.25, 0.3) is 0 Å². The maximum Gasteiger partial charge on any atom is 0.0793 e. The number of thioether (sulfide) groups is 1. The van der Waals surface area contributed by atoms with Crippen LogP contribution in [0.1, 0.15) is 26.3 Å². The smallest absolute Gasteiger partial charge is 0.0793 e. The van der Waals surface area contributed by atoms with Crippen LogP contribution in [0.3, 0.4) is 0 Å². The van der Waals surface area contributed by atoms with E-state index in [2.05, 4.69) is 50.4 Å². The second-order valence-electron chi connectivity index (χ2n) is 5.78. The minimum Gasteiger partial charge on any atom is -0.375 e. The standard InChI is InChI=1S/C15H23NOS/c1-15(2,3)12-4-6-14(7-5-12)18-11-13-10-16-8-9-17-13/h4-7,13,16H,8-11H2,1-3H3. The first kappa shape index (κ1) is 13.9. The molecular formula is C15H23NOS. The van der Waals surface area contributed by atoms with Crippen LogP contribution in [0, 0.1) is 0 Å². The Balaban J connectivity index is 1.86. The van der Waals surface area contributed by atoms with Gasteiger partial charge in [-0.3, -0.25) is 0 Å². The summed E-state index contributed by atoms with van der Waals surface area (Å²) >= 11 is 1.88. The Labute approximate surface area is 114 Å². The van der Waals surface area contributed by atoms with Gasteiger partial charge in [-0.15, -0.1) is 11.8 Å². The molecule has 2 nitrogen and oxygen atoms in total. The van der Waals surface area contributed by atoms with Crippen LogP contribution < -0.4 is 5.32 Å². The van der Waals surface area contributed by atoms with Crippen molar-refractivity contribution in [3.8, 4) is 0 Å². The van der Waals surface area contributed by atoms with E-state index in [0.29, 0.717) is 6.10 Å². The lowest BCUT2D eigenvalue weighted by atomic mass is 9.87. The van der Waals surface area contributed by atoms with E-state index in [1.165, 1.54) is 10.5 Å². The molecule has 1 N–H and O–H groups in total. The fourth-order valence-corrected chi connectivity index (χ4v) is 2.89. The van der Waals surface area contributed by atoms with Crippen LogP contribution in [0.2, 0.25) is 0 Å². The highest BCUT2D eigenvalue weighted by Crippen LogP contribution is 2.26. The molecule has 0 bridgehead atoms. The molecule has 1 saturated heterocycles. The van der Waals surface area contributed by atoms with Gasteiger partial charge in [0, 0.05) is 23.7 Å². The highest BCUT2D eigenvalue weighted by atomic mass is 32.2. The highest BCUT2D eigenvalue weighted by molar-refractivity contribution is 7.99. The summed E-state index contributed by atoms with van der Waals surface area (Å²) in [6.45, 7) is 9.55. The minimum atomic E-state index is 0.236. The molecule has 1 aliphatic rings. The van der Waals surface area contributed by atoms with Crippen LogP contribution in [-0.4, -0.2) is 31.6 Å². The van der Waals surface area contributed by atoms with E-state index in [4.69, 9.17) is 4.74 Å². The van der Waals surface area contributed by atoms with Gasteiger partial charge >= 0.3 is 0 Å². The maximum absolute atomic E-state index is 5.69. The van der Waals surface area contributed by atoms with E-state index in [9.17, 15) is 0 Å². The number of nitrogens with one attached hydrogen (secondary N) is 1. The predicted molar refractivity (Wildman–Crippen MR) is 78.5 cm³/mol. The third kappa shape index (κ3) is 4.01. The molecule has 0 saturated carbocycles. The van der Waals surface area contributed by atoms with Crippen molar-refractivity contribution in [2.45, 2.75) is 37.2 Å². The van der Waals surface area contributed by atoms with Crippen LogP contribution in [0.4, 0.5) is 0 Å². The molecule has 1 fully saturated rings. The molecule has 1 atom stereocenters. The molecule has 1 aromatic rings. The Morgan fingerprint density at radius 3 is 2.56 bits per heavy atom. The average molecular weight is 265 g/mol. The lowest BCUT2D eigenvalue weighted by Crippen LogP contribution is -2.39. The molecule has 0 spiro atoms. The molecule has 1 aliphatic heterocycles. The number of rotatable bonds is 3. The molecule has 0 radical (unpaired) electrons. The van der Waals surface area contributed by atoms with Gasteiger partial charge in [-0.2, -0.15) is 0 Å². The number of morpholine rings is 1. The molecule has 3 heteroatoms. The Hall–Kier alpha value is -0.510. The fraction of sp³-hybridized carbons (Fsp3) is 0.600. The van der Waals surface area contributed by atoms with Crippen LogP contribution >= 0.6 is 11.8 Å². The minimum absolute atomic E-state index is 0.236. The molecule has 0 amide bonds. The summed E-state index contributed by atoms with van der Waals surface area (Å²) in [7, 11) is 0. The summed E-state index contributed by atoms with van der Waals surface area (Å²) < 4.78 is 5.69. The molecule has 18 heavy (non-hydrogen) atoms. The zero-order valence-electron chi connectivity index (χ0n) is 11.5. The van der Waals surface area contributed by atoms with Gasteiger partial charge in [-0.05, 0) is 23.1 Å². The first-order valence-electron chi connectivity index (χ1n) is 6.61. The van der Waals surface area contributed by atoms with Gasteiger partial charge < -0.3 is 10.1 Å². The van der Waals surface area contributed by atoms with E-state index >= 15 is 0 Å². The lowest BCUT2D eigenvalue weighted by Gasteiger charge is -2.23. The van der Waals surface area contributed by atoms with E-state index in [-0.39, 0.29) is 5.41 Å². The first-order chi connectivity index (χ1) is 8.55. The molecule has 1 unspecified atom stereocenters. The molecule has 0 aromatic heterocycles. The summed E-state index contributed by atoms with van der Waals surface area (Å²) in [5, 5.41) is 3.36. The van der Waals surface area contributed by atoms with Crippen molar-refractivity contribution >= 4 is 11.8 Å². The van der Waals surface area contributed by atoms with Crippen molar-refractivity contribution in [3.05, 3.63) is 29.8 Å². The van der Waals surface area contributed by atoms with Crippen molar-refractivity contribution in [1.29, 1.82) is 0 Å². The van der Waals surface area contributed by atoms with Gasteiger partial charge in [0.1, 0.15) is 0 Å². The summed E-state index contributed by atoms with van der Waals surface area (Å²) in [4.78, 5) is 1.33. The Bertz CT molecular complexity index is 363. The number of hydrogen-bond donors (Lipinski definition) is 1. The predicted octanol–water partition coefficient (Wildman–Crippen LogP) is 3.06. The quantitative estimate of drug-likeness (QED) is 0.849. The van der Waals surface area contributed by atoms with Gasteiger partial charge in [-0.1, -0.05) is 32.9 Å². The second kappa shape index (κ2) is 6.09. The van der Waals surface area contributed by atoms with Crippen molar-refractivity contribution in [2.75, 3.05) is 25.4 Å². The zero-order chi connectivity index (χ0) is 13.0. The first-order valence-corrected chi connectivity index (χ1v) is 7.60. The van der Waals surface area contributed by atoms with Gasteiger partial charge in [0.2, 0.25) is 0 Å². The molecule has 0 aliphatic carbocycles. The third-order valence-corrected chi connectivity index (χ3v) is 4.30. The van der Waals surface area contributed by atoms with Crippen molar-refractivity contribution in [1.82, 2.24) is 5.32 Å². The summed E-state index contributed by atoms with van der Waals surface area (Å²) in [6, 6.07) is 8.92. The van der Waals surface area contributed by atoms with Gasteiger partial charge in [0.05, 0.1) is 12.7 Å². The molecule has 100 valence electrons. The van der Waals surface area contributed by atoms with Crippen molar-refractivity contribution in [2.24, 2.45) is 0 Å². The zero-order valence-corrected chi connectivity index (χ0v) is 12.3. The van der Waals surface area contributed by atoms with E-state index in [1.54, 1.807) is 0 Å². The Morgan fingerprint density at radius 2 is 2.00 bits per heavy atom. The van der Waals surface area contributed by atoms with Crippen LogP contribution in [-0.2, 0) is 10.2 Å². The fourth-order valence-electron chi connectivity index (χ4n) is 1.97. The summed E-state index contributed by atoms with van der Waals surface area (Å²) in [5.41, 5.74) is 1.63. The average Bonchev–Trinajstić information content (AvgIpc) is 2.37. The second-order valence-corrected chi connectivity index (χ2v) is 6.88. The molecule has 1 heterocycles. The van der Waals surface area contributed by atoms with E-state index in [0.717, 1.165) is 25.4 Å².